The van der Waals surface area contributed by atoms with Gasteiger partial charge in [0.05, 0.1) is 23.6 Å². The lowest BCUT2D eigenvalue weighted by Gasteiger charge is -2.07. The summed E-state index contributed by atoms with van der Waals surface area (Å²) in [6.45, 7) is 4.46. The van der Waals surface area contributed by atoms with Gasteiger partial charge in [0.15, 0.2) is 0 Å². The van der Waals surface area contributed by atoms with Gasteiger partial charge in [0.25, 0.3) is 0 Å². The Hall–Kier alpha value is -1.55. The molecule has 0 radical (unpaired) electrons. The summed E-state index contributed by atoms with van der Waals surface area (Å²) in [6, 6.07) is 6.14. The van der Waals surface area contributed by atoms with Crippen LogP contribution in [-0.2, 0) is 9.47 Å². The molecule has 0 bridgehead atoms. The van der Waals surface area contributed by atoms with Gasteiger partial charge in [-0.15, -0.1) is 11.6 Å². The molecular weight excluding hydrogens is 268 g/mol. The third-order valence-electron chi connectivity index (χ3n) is 2.21. The van der Waals surface area contributed by atoms with Crippen LogP contribution in [0, 0.1) is 5.92 Å². The molecule has 104 valence electrons. The zero-order valence-corrected chi connectivity index (χ0v) is 11.8. The first kappa shape index (κ1) is 15.5. The molecule has 1 aromatic rings. The monoisotopic (exact) mass is 284 g/mol. The number of hydrogen-bond acceptors (Lipinski definition) is 4. The number of alkyl halides is 1. The Balaban J connectivity index is 2.60. The number of carbonyl (C=O) groups is 2. The van der Waals surface area contributed by atoms with Gasteiger partial charge in [-0.1, -0.05) is 13.8 Å². The molecule has 5 heteroatoms. The van der Waals surface area contributed by atoms with Crippen molar-refractivity contribution in [3.05, 3.63) is 35.4 Å². The van der Waals surface area contributed by atoms with Gasteiger partial charge in [0.1, 0.15) is 6.61 Å². The first-order valence-electron chi connectivity index (χ1n) is 6.05. The highest BCUT2D eigenvalue weighted by Gasteiger charge is 2.11. The van der Waals surface area contributed by atoms with Crippen molar-refractivity contribution in [1.29, 1.82) is 0 Å². The number of rotatable bonds is 6. The van der Waals surface area contributed by atoms with E-state index in [0.717, 1.165) is 0 Å². The molecule has 0 atom stereocenters. The largest absolute Gasteiger partial charge is 0.462 e. The van der Waals surface area contributed by atoms with E-state index in [4.69, 9.17) is 21.1 Å². The Kier molecular flexibility index (Phi) is 6.36. The summed E-state index contributed by atoms with van der Waals surface area (Å²) < 4.78 is 9.95. The van der Waals surface area contributed by atoms with E-state index < -0.39 is 11.9 Å². The van der Waals surface area contributed by atoms with Crippen LogP contribution in [0.1, 0.15) is 34.6 Å². The van der Waals surface area contributed by atoms with E-state index in [1.165, 1.54) is 12.1 Å². The Bertz CT molecular complexity index is 426. The average Bonchev–Trinajstić information content (AvgIpc) is 2.42. The molecule has 0 heterocycles. The van der Waals surface area contributed by atoms with Crippen LogP contribution in [0.2, 0.25) is 0 Å². The van der Waals surface area contributed by atoms with Gasteiger partial charge in [-0.3, -0.25) is 0 Å². The van der Waals surface area contributed by atoms with Gasteiger partial charge in [-0.2, -0.15) is 0 Å². The Morgan fingerprint density at radius 1 is 1.05 bits per heavy atom. The van der Waals surface area contributed by atoms with E-state index in [1.54, 1.807) is 12.1 Å². The third kappa shape index (κ3) is 5.30. The summed E-state index contributed by atoms with van der Waals surface area (Å²) in [6.07, 6.45) is 0. The quantitative estimate of drug-likeness (QED) is 0.595. The standard InChI is InChI=1S/C14H17ClO4/c1-10(2)9-19-14(17)12-5-3-11(4-6-12)13(16)18-8-7-15/h3-6,10H,7-9H2,1-2H3. The molecule has 0 saturated carbocycles. The van der Waals surface area contributed by atoms with Gasteiger partial charge < -0.3 is 9.47 Å². The van der Waals surface area contributed by atoms with Crippen LogP contribution in [0.3, 0.4) is 0 Å². The first-order valence-corrected chi connectivity index (χ1v) is 6.58. The summed E-state index contributed by atoms with van der Waals surface area (Å²) in [7, 11) is 0. The van der Waals surface area contributed by atoms with Crippen molar-refractivity contribution in [3.63, 3.8) is 0 Å². The Labute approximate surface area is 117 Å². The lowest BCUT2D eigenvalue weighted by Crippen LogP contribution is -2.11. The number of halogens is 1. The summed E-state index contributed by atoms with van der Waals surface area (Å²) in [5.41, 5.74) is 0.792. The van der Waals surface area contributed by atoms with Crippen molar-refractivity contribution < 1.29 is 19.1 Å². The zero-order chi connectivity index (χ0) is 14.3. The van der Waals surface area contributed by atoms with Crippen molar-refractivity contribution in [2.75, 3.05) is 19.1 Å². The summed E-state index contributed by atoms with van der Waals surface area (Å²) in [5, 5.41) is 0. The van der Waals surface area contributed by atoms with Crippen LogP contribution in [0.15, 0.2) is 24.3 Å². The zero-order valence-electron chi connectivity index (χ0n) is 11.0. The van der Waals surface area contributed by atoms with Crippen molar-refractivity contribution >= 4 is 23.5 Å². The van der Waals surface area contributed by atoms with E-state index in [2.05, 4.69) is 0 Å². The highest BCUT2D eigenvalue weighted by Crippen LogP contribution is 2.08. The molecule has 0 amide bonds. The Morgan fingerprint density at radius 3 is 1.95 bits per heavy atom. The molecule has 1 aromatic carbocycles. The maximum atomic E-state index is 11.6. The molecule has 0 aliphatic rings. The molecule has 0 saturated heterocycles. The number of esters is 2. The SMILES string of the molecule is CC(C)COC(=O)c1ccc(C(=O)OCCCl)cc1. The average molecular weight is 285 g/mol. The van der Waals surface area contributed by atoms with Crippen LogP contribution >= 0.6 is 11.6 Å². The fourth-order valence-corrected chi connectivity index (χ4v) is 1.36. The predicted octanol–water partition coefficient (Wildman–Crippen LogP) is 2.90. The molecule has 0 N–H and O–H groups in total. The minimum absolute atomic E-state index is 0.165. The van der Waals surface area contributed by atoms with Gasteiger partial charge in [-0.25, -0.2) is 9.59 Å². The Morgan fingerprint density at radius 2 is 1.53 bits per heavy atom. The summed E-state index contributed by atoms with van der Waals surface area (Å²) >= 11 is 5.42. The number of hydrogen-bond donors (Lipinski definition) is 0. The van der Waals surface area contributed by atoms with Gasteiger partial charge in [0.2, 0.25) is 0 Å². The number of ether oxygens (including phenoxy) is 2. The van der Waals surface area contributed by atoms with Crippen molar-refractivity contribution in [1.82, 2.24) is 0 Å². The second kappa shape index (κ2) is 7.79. The molecule has 1 rings (SSSR count). The molecule has 4 nitrogen and oxygen atoms in total. The lowest BCUT2D eigenvalue weighted by molar-refractivity contribution is 0.0456. The van der Waals surface area contributed by atoms with Crippen LogP contribution in [0.5, 0.6) is 0 Å². The van der Waals surface area contributed by atoms with Crippen LogP contribution in [0.4, 0.5) is 0 Å². The molecule has 0 unspecified atom stereocenters. The van der Waals surface area contributed by atoms with Crippen LogP contribution < -0.4 is 0 Å². The maximum Gasteiger partial charge on any atom is 0.338 e. The second-order valence-electron chi connectivity index (χ2n) is 4.39. The fourth-order valence-electron chi connectivity index (χ4n) is 1.28. The van der Waals surface area contributed by atoms with Crippen molar-refractivity contribution in [2.24, 2.45) is 5.92 Å². The van der Waals surface area contributed by atoms with Crippen molar-refractivity contribution in [2.45, 2.75) is 13.8 Å². The van der Waals surface area contributed by atoms with E-state index >= 15 is 0 Å². The van der Waals surface area contributed by atoms with Crippen LogP contribution in [-0.4, -0.2) is 31.0 Å². The van der Waals surface area contributed by atoms with Gasteiger partial charge >= 0.3 is 11.9 Å². The number of carbonyl (C=O) groups excluding carboxylic acids is 2. The minimum Gasteiger partial charge on any atom is -0.462 e. The van der Waals surface area contributed by atoms with E-state index in [9.17, 15) is 9.59 Å². The molecule has 0 fully saturated rings. The molecule has 0 aliphatic carbocycles. The first-order chi connectivity index (χ1) is 9.04. The van der Waals surface area contributed by atoms with Crippen molar-refractivity contribution in [3.8, 4) is 0 Å². The molecular formula is C14H17ClO4. The summed E-state index contributed by atoms with van der Waals surface area (Å²) in [4.78, 5) is 23.1. The van der Waals surface area contributed by atoms with Gasteiger partial charge in [-0.05, 0) is 30.2 Å². The summed E-state index contributed by atoms with van der Waals surface area (Å²) in [5.74, 6) is -0.309. The number of benzene rings is 1. The highest BCUT2D eigenvalue weighted by molar-refractivity contribution is 6.18. The fraction of sp³-hybridized carbons (Fsp3) is 0.429. The van der Waals surface area contributed by atoms with Crippen LogP contribution in [0.25, 0.3) is 0 Å². The molecule has 19 heavy (non-hydrogen) atoms. The minimum atomic E-state index is -0.456. The molecule has 0 spiro atoms. The predicted molar refractivity (Wildman–Crippen MR) is 72.6 cm³/mol. The van der Waals surface area contributed by atoms with E-state index in [0.29, 0.717) is 17.7 Å². The normalized spacial score (nSPS) is 10.3. The molecule has 0 aromatic heterocycles. The topological polar surface area (TPSA) is 52.6 Å². The third-order valence-corrected chi connectivity index (χ3v) is 2.37. The van der Waals surface area contributed by atoms with E-state index in [1.807, 2.05) is 13.8 Å². The maximum absolute atomic E-state index is 11.6. The second-order valence-corrected chi connectivity index (χ2v) is 4.77. The smallest absolute Gasteiger partial charge is 0.338 e. The van der Waals surface area contributed by atoms with Gasteiger partial charge in [0, 0.05) is 0 Å². The van der Waals surface area contributed by atoms with E-state index in [-0.39, 0.29) is 18.4 Å². The molecule has 0 aliphatic heterocycles. The lowest BCUT2D eigenvalue weighted by atomic mass is 10.1. The highest BCUT2D eigenvalue weighted by atomic mass is 35.5.